The summed E-state index contributed by atoms with van der Waals surface area (Å²) < 4.78 is 12.3. The summed E-state index contributed by atoms with van der Waals surface area (Å²) in [5.41, 5.74) is 2.38. The second-order valence-electron chi connectivity index (χ2n) is 5.81. The highest BCUT2D eigenvalue weighted by Gasteiger charge is 2.08. The van der Waals surface area contributed by atoms with Crippen LogP contribution in [-0.4, -0.2) is 18.8 Å². The molecular formula is C20H21NO3. The highest BCUT2D eigenvalue weighted by molar-refractivity contribution is 5.84. The zero-order valence-corrected chi connectivity index (χ0v) is 14.2. The smallest absolute Gasteiger partial charge is 0.258 e. The SMILES string of the molecule is COc1ccc(CCc2cn(C)c(=O)c3ccccc23)cc1OC. The van der Waals surface area contributed by atoms with Crippen LogP contribution in [0.25, 0.3) is 10.8 Å². The number of hydrogen-bond acceptors (Lipinski definition) is 3. The van der Waals surface area contributed by atoms with Gasteiger partial charge in [-0.1, -0.05) is 24.3 Å². The van der Waals surface area contributed by atoms with E-state index in [0.29, 0.717) is 0 Å². The molecule has 0 atom stereocenters. The fourth-order valence-corrected chi connectivity index (χ4v) is 3.02. The average Bonchev–Trinajstić information content (AvgIpc) is 2.63. The summed E-state index contributed by atoms with van der Waals surface area (Å²) in [6.07, 6.45) is 3.65. The maximum Gasteiger partial charge on any atom is 0.258 e. The standard InChI is InChI=1S/C20H21NO3/c1-21-13-15(16-6-4-5-7-17(16)20(21)22)10-8-14-9-11-18(23-2)19(12-14)24-3/h4-7,9,11-13H,8,10H2,1-3H3. The van der Waals surface area contributed by atoms with E-state index < -0.39 is 0 Å². The van der Waals surface area contributed by atoms with Crippen LogP contribution in [0.3, 0.4) is 0 Å². The molecule has 4 nitrogen and oxygen atoms in total. The molecule has 0 radical (unpaired) electrons. The molecule has 0 N–H and O–H groups in total. The van der Waals surface area contributed by atoms with E-state index in [9.17, 15) is 4.79 Å². The Balaban J connectivity index is 1.91. The molecule has 0 aliphatic rings. The summed E-state index contributed by atoms with van der Waals surface area (Å²) in [7, 11) is 5.07. The van der Waals surface area contributed by atoms with Gasteiger partial charge < -0.3 is 14.0 Å². The molecule has 0 saturated heterocycles. The number of aryl methyl sites for hydroxylation is 3. The first-order chi connectivity index (χ1) is 11.6. The first-order valence-corrected chi connectivity index (χ1v) is 7.92. The minimum absolute atomic E-state index is 0.0421. The summed E-state index contributed by atoms with van der Waals surface area (Å²) in [5, 5.41) is 1.80. The second kappa shape index (κ2) is 6.79. The molecule has 0 fully saturated rings. The Kier molecular flexibility index (Phi) is 4.56. The van der Waals surface area contributed by atoms with E-state index in [1.165, 1.54) is 11.1 Å². The van der Waals surface area contributed by atoms with Crippen LogP contribution in [0, 0.1) is 0 Å². The first kappa shape index (κ1) is 16.1. The molecule has 24 heavy (non-hydrogen) atoms. The predicted molar refractivity (Wildman–Crippen MR) is 96.1 cm³/mol. The molecular weight excluding hydrogens is 302 g/mol. The summed E-state index contributed by atoms with van der Waals surface area (Å²) in [5.74, 6) is 1.47. The number of hydrogen-bond donors (Lipinski definition) is 0. The maximum absolute atomic E-state index is 12.2. The van der Waals surface area contributed by atoms with E-state index in [-0.39, 0.29) is 5.56 Å². The molecule has 0 saturated carbocycles. The monoisotopic (exact) mass is 323 g/mol. The fraction of sp³-hybridized carbons (Fsp3) is 0.250. The van der Waals surface area contributed by atoms with Crippen molar-refractivity contribution >= 4 is 10.8 Å². The van der Waals surface area contributed by atoms with Crippen LogP contribution in [-0.2, 0) is 19.9 Å². The average molecular weight is 323 g/mol. The van der Waals surface area contributed by atoms with Gasteiger partial charge in [-0.2, -0.15) is 0 Å². The van der Waals surface area contributed by atoms with E-state index in [4.69, 9.17) is 9.47 Å². The highest BCUT2D eigenvalue weighted by Crippen LogP contribution is 2.28. The third-order valence-electron chi connectivity index (χ3n) is 4.30. The van der Waals surface area contributed by atoms with Gasteiger partial charge in [0.25, 0.3) is 5.56 Å². The Labute approximate surface area is 141 Å². The first-order valence-electron chi connectivity index (χ1n) is 7.92. The van der Waals surface area contributed by atoms with Gasteiger partial charge in [-0.05, 0) is 47.6 Å². The van der Waals surface area contributed by atoms with E-state index >= 15 is 0 Å². The number of benzene rings is 2. The van der Waals surface area contributed by atoms with E-state index in [1.807, 2.05) is 48.7 Å². The minimum atomic E-state index is 0.0421. The molecule has 0 unspecified atom stereocenters. The maximum atomic E-state index is 12.2. The van der Waals surface area contributed by atoms with E-state index in [1.54, 1.807) is 25.8 Å². The van der Waals surface area contributed by atoms with Crippen LogP contribution in [0.15, 0.2) is 53.5 Å². The number of pyridine rings is 1. The predicted octanol–water partition coefficient (Wildman–Crippen LogP) is 3.34. The van der Waals surface area contributed by atoms with Gasteiger partial charge in [-0.25, -0.2) is 0 Å². The molecule has 0 amide bonds. The van der Waals surface area contributed by atoms with Crippen LogP contribution in [0.4, 0.5) is 0 Å². The van der Waals surface area contributed by atoms with Crippen molar-refractivity contribution < 1.29 is 9.47 Å². The van der Waals surface area contributed by atoms with Crippen molar-refractivity contribution in [2.45, 2.75) is 12.8 Å². The molecule has 0 aliphatic heterocycles. The number of nitrogens with zero attached hydrogens (tertiary/aromatic N) is 1. The Morgan fingerprint density at radius 1 is 0.917 bits per heavy atom. The van der Waals surface area contributed by atoms with Gasteiger partial charge >= 0.3 is 0 Å². The Hall–Kier alpha value is -2.75. The number of aromatic nitrogens is 1. The lowest BCUT2D eigenvalue weighted by atomic mass is 10.0. The Bertz CT molecular complexity index is 928. The quantitative estimate of drug-likeness (QED) is 0.723. The van der Waals surface area contributed by atoms with Crippen molar-refractivity contribution in [3.05, 3.63) is 70.1 Å². The van der Waals surface area contributed by atoms with Crippen molar-refractivity contribution in [1.82, 2.24) is 4.57 Å². The normalized spacial score (nSPS) is 10.8. The second-order valence-corrected chi connectivity index (χ2v) is 5.81. The number of ether oxygens (including phenoxy) is 2. The van der Waals surface area contributed by atoms with Gasteiger partial charge in [0.15, 0.2) is 11.5 Å². The molecule has 0 bridgehead atoms. The Morgan fingerprint density at radius 2 is 1.62 bits per heavy atom. The van der Waals surface area contributed by atoms with Crippen molar-refractivity contribution in [2.24, 2.45) is 7.05 Å². The Morgan fingerprint density at radius 3 is 2.33 bits per heavy atom. The van der Waals surface area contributed by atoms with Gasteiger partial charge in [0.1, 0.15) is 0 Å². The van der Waals surface area contributed by atoms with Crippen LogP contribution < -0.4 is 15.0 Å². The number of fused-ring (bicyclic) bond motifs is 1. The van der Waals surface area contributed by atoms with Crippen LogP contribution in [0.2, 0.25) is 0 Å². The molecule has 4 heteroatoms. The van der Waals surface area contributed by atoms with Gasteiger partial charge in [-0.3, -0.25) is 4.79 Å². The lowest BCUT2D eigenvalue weighted by molar-refractivity contribution is 0.354. The molecule has 3 aromatic rings. The molecule has 0 aliphatic carbocycles. The van der Waals surface area contributed by atoms with Gasteiger partial charge in [0.05, 0.1) is 14.2 Å². The summed E-state index contributed by atoms with van der Waals surface area (Å²) in [4.78, 5) is 12.2. The fourth-order valence-electron chi connectivity index (χ4n) is 3.02. The third kappa shape index (κ3) is 3.00. The van der Waals surface area contributed by atoms with E-state index in [0.717, 1.165) is 35.1 Å². The molecule has 3 rings (SSSR count). The summed E-state index contributed by atoms with van der Waals surface area (Å²) in [6, 6.07) is 13.8. The topological polar surface area (TPSA) is 40.5 Å². The molecule has 1 heterocycles. The van der Waals surface area contributed by atoms with Crippen molar-refractivity contribution in [3.63, 3.8) is 0 Å². The zero-order chi connectivity index (χ0) is 17.1. The van der Waals surface area contributed by atoms with Crippen LogP contribution in [0.5, 0.6) is 11.5 Å². The van der Waals surface area contributed by atoms with Crippen molar-refractivity contribution in [3.8, 4) is 11.5 Å². The highest BCUT2D eigenvalue weighted by atomic mass is 16.5. The molecule has 0 spiro atoms. The molecule has 124 valence electrons. The largest absolute Gasteiger partial charge is 0.493 e. The van der Waals surface area contributed by atoms with Crippen LogP contribution >= 0.6 is 0 Å². The lowest BCUT2D eigenvalue weighted by Gasteiger charge is -2.11. The van der Waals surface area contributed by atoms with Gasteiger partial charge in [0.2, 0.25) is 0 Å². The van der Waals surface area contributed by atoms with Crippen molar-refractivity contribution in [2.75, 3.05) is 14.2 Å². The zero-order valence-electron chi connectivity index (χ0n) is 14.2. The summed E-state index contributed by atoms with van der Waals surface area (Å²) >= 11 is 0. The number of rotatable bonds is 5. The van der Waals surface area contributed by atoms with Crippen molar-refractivity contribution in [1.29, 1.82) is 0 Å². The minimum Gasteiger partial charge on any atom is -0.493 e. The third-order valence-corrected chi connectivity index (χ3v) is 4.30. The van der Waals surface area contributed by atoms with E-state index in [2.05, 4.69) is 0 Å². The van der Waals surface area contributed by atoms with Gasteiger partial charge in [-0.15, -0.1) is 0 Å². The van der Waals surface area contributed by atoms with Gasteiger partial charge in [0, 0.05) is 18.6 Å². The summed E-state index contributed by atoms with van der Waals surface area (Å²) in [6.45, 7) is 0. The molecule has 2 aromatic carbocycles. The number of methoxy groups -OCH3 is 2. The van der Waals surface area contributed by atoms with Crippen LogP contribution in [0.1, 0.15) is 11.1 Å². The lowest BCUT2D eigenvalue weighted by Crippen LogP contribution is -2.17. The molecule has 1 aromatic heterocycles.